The van der Waals surface area contributed by atoms with Crippen molar-refractivity contribution in [3.8, 4) is 0 Å². The third-order valence-corrected chi connectivity index (χ3v) is 5.02. The van der Waals surface area contributed by atoms with Crippen molar-refractivity contribution in [3.05, 3.63) is 70.5 Å². The molecule has 29 heavy (non-hydrogen) atoms. The van der Waals surface area contributed by atoms with Gasteiger partial charge in [-0.1, -0.05) is 30.3 Å². The van der Waals surface area contributed by atoms with E-state index in [9.17, 15) is 18.8 Å². The van der Waals surface area contributed by atoms with Gasteiger partial charge >= 0.3 is 5.97 Å². The zero-order valence-corrected chi connectivity index (χ0v) is 16.2. The van der Waals surface area contributed by atoms with Gasteiger partial charge in [-0.3, -0.25) is 14.4 Å². The lowest BCUT2D eigenvalue weighted by molar-refractivity contribution is -0.148. The molecule has 152 valence electrons. The summed E-state index contributed by atoms with van der Waals surface area (Å²) >= 11 is 0. The number of nitrogens with one attached hydrogen (secondary N) is 1. The van der Waals surface area contributed by atoms with Crippen LogP contribution < -0.4 is 5.32 Å². The van der Waals surface area contributed by atoms with Gasteiger partial charge in [0.05, 0.1) is 6.42 Å². The second-order valence-electron chi connectivity index (χ2n) is 7.14. The number of hydrogen-bond donors (Lipinski definition) is 1. The van der Waals surface area contributed by atoms with Gasteiger partial charge in [-0.25, -0.2) is 4.39 Å². The number of carbonyl (C=O) groups excluding carboxylic acids is 3. The summed E-state index contributed by atoms with van der Waals surface area (Å²) < 4.78 is 18.4. The van der Waals surface area contributed by atoms with E-state index in [1.54, 1.807) is 18.2 Å². The van der Waals surface area contributed by atoms with E-state index in [2.05, 4.69) is 5.32 Å². The molecular weight excluding hydrogens is 373 g/mol. The van der Waals surface area contributed by atoms with Crippen LogP contribution in [0.5, 0.6) is 0 Å². The monoisotopic (exact) mass is 397 g/mol. The number of amides is 1. The van der Waals surface area contributed by atoms with E-state index in [-0.39, 0.29) is 25.2 Å². The predicted octanol–water partition coefficient (Wildman–Crippen LogP) is 3.53. The van der Waals surface area contributed by atoms with Gasteiger partial charge in [0.25, 0.3) is 5.91 Å². The maximum absolute atomic E-state index is 13.5. The Morgan fingerprint density at radius 3 is 2.52 bits per heavy atom. The van der Waals surface area contributed by atoms with Crippen molar-refractivity contribution < 1.29 is 23.5 Å². The summed E-state index contributed by atoms with van der Waals surface area (Å²) in [6, 6.07) is 11.8. The number of Topliss-reactive ketones (excluding diaryl/α,β-unsaturated/α-hetero) is 1. The average Bonchev–Trinajstić information content (AvgIpc) is 2.75. The Morgan fingerprint density at radius 1 is 0.966 bits per heavy atom. The number of fused-ring (bicyclic) bond motifs is 1. The van der Waals surface area contributed by atoms with E-state index < -0.39 is 24.3 Å². The number of halogens is 1. The average molecular weight is 397 g/mol. The van der Waals surface area contributed by atoms with Crippen molar-refractivity contribution in [1.82, 2.24) is 5.32 Å². The number of benzene rings is 2. The van der Waals surface area contributed by atoms with Gasteiger partial charge in [-0.2, -0.15) is 0 Å². The van der Waals surface area contributed by atoms with E-state index in [1.807, 2.05) is 18.2 Å². The number of hydrogen-bond acceptors (Lipinski definition) is 4. The highest BCUT2D eigenvalue weighted by molar-refractivity contribution is 5.97. The quantitative estimate of drug-likeness (QED) is 0.546. The molecule has 0 unspecified atom stereocenters. The maximum Gasteiger partial charge on any atom is 0.306 e. The van der Waals surface area contributed by atoms with Crippen LogP contribution >= 0.6 is 0 Å². The second kappa shape index (κ2) is 9.96. The molecule has 5 nitrogen and oxygen atoms in total. The molecule has 0 saturated carbocycles. The van der Waals surface area contributed by atoms with Gasteiger partial charge in [0.2, 0.25) is 0 Å². The maximum atomic E-state index is 13.5. The molecule has 0 atom stereocenters. The summed E-state index contributed by atoms with van der Waals surface area (Å²) in [6.45, 7) is -0.444. The molecule has 1 aliphatic carbocycles. The molecule has 0 saturated heterocycles. The summed E-state index contributed by atoms with van der Waals surface area (Å²) in [6.07, 6.45) is 4.30. The lowest BCUT2D eigenvalue weighted by Gasteiger charge is -2.16. The van der Waals surface area contributed by atoms with Crippen LogP contribution in [-0.4, -0.2) is 24.3 Å². The third kappa shape index (κ3) is 5.98. The first-order chi connectivity index (χ1) is 14.0. The fourth-order valence-electron chi connectivity index (χ4n) is 3.37. The van der Waals surface area contributed by atoms with Gasteiger partial charge < -0.3 is 10.1 Å². The molecular formula is C23H24FNO4. The molecule has 0 spiro atoms. The van der Waals surface area contributed by atoms with Crippen molar-refractivity contribution in [2.45, 2.75) is 45.1 Å². The summed E-state index contributed by atoms with van der Waals surface area (Å²) in [5, 5.41) is 2.49. The van der Waals surface area contributed by atoms with Gasteiger partial charge in [0, 0.05) is 24.1 Å². The Morgan fingerprint density at radius 2 is 1.72 bits per heavy atom. The fraction of sp³-hybridized carbons (Fsp3) is 0.348. The molecule has 0 aromatic heterocycles. The Kier molecular flexibility index (Phi) is 7.11. The van der Waals surface area contributed by atoms with E-state index in [4.69, 9.17) is 4.74 Å². The molecule has 0 fully saturated rings. The van der Waals surface area contributed by atoms with E-state index >= 15 is 0 Å². The first-order valence-corrected chi connectivity index (χ1v) is 9.83. The summed E-state index contributed by atoms with van der Waals surface area (Å²) in [5.41, 5.74) is 3.48. The predicted molar refractivity (Wildman–Crippen MR) is 106 cm³/mol. The van der Waals surface area contributed by atoms with Crippen LogP contribution in [0.1, 0.15) is 52.7 Å². The number of aryl methyl sites for hydroxylation is 2. The molecule has 6 heteroatoms. The Bertz CT molecular complexity index is 910. The number of esters is 1. The van der Waals surface area contributed by atoms with Crippen molar-refractivity contribution in [1.29, 1.82) is 0 Å². The minimum absolute atomic E-state index is 0.0138. The lowest BCUT2D eigenvalue weighted by atomic mass is 9.89. The summed E-state index contributed by atoms with van der Waals surface area (Å²) in [7, 11) is 0. The van der Waals surface area contributed by atoms with Gasteiger partial charge in [-0.05, 0) is 48.9 Å². The van der Waals surface area contributed by atoms with Crippen LogP contribution in [0.15, 0.2) is 42.5 Å². The highest BCUT2D eigenvalue weighted by Gasteiger charge is 2.15. The molecule has 2 aromatic carbocycles. The minimum atomic E-state index is -0.614. The van der Waals surface area contributed by atoms with Crippen LogP contribution in [0.2, 0.25) is 0 Å². The molecule has 1 N–H and O–H groups in total. The van der Waals surface area contributed by atoms with Gasteiger partial charge in [0.1, 0.15) is 5.82 Å². The standard InChI is InChI=1S/C23H24FNO4/c24-20-8-4-3-7-19(20)14-25-22(27)15-29-23(28)12-11-21(26)18-10-9-16-5-1-2-6-17(16)13-18/h3-4,7-10,13H,1-2,5-6,11-12,14-15H2,(H,25,27). The largest absolute Gasteiger partial charge is 0.456 e. The zero-order valence-electron chi connectivity index (χ0n) is 16.2. The molecule has 2 aromatic rings. The molecule has 3 rings (SSSR count). The molecule has 0 radical (unpaired) electrons. The van der Waals surface area contributed by atoms with Crippen molar-refractivity contribution in [2.24, 2.45) is 0 Å². The molecule has 0 heterocycles. The normalized spacial score (nSPS) is 12.7. The Labute approximate surface area is 169 Å². The first-order valence-electron chi connectivity index (χ1n) is 9.83. The van der Waals surface area contributed by atoms with Gasteiger partial charge in [-0.15, -0.1) is 0 Å². The highest BCUT2D eigenvalue weighted by Crippen LogP contribution is 2.23. The van der Waals surface area contributed by atoms with Crippen LogP contribution in [0.25, 0.3) is 0 Å². The Hall–Kier alpha value is -3.02. The zero-order chi connectivity index (χ0) is 20.6. The highest BCUT2D eigenvalue weighted by atomic mass is 19.1. The molecule has 1 amide bonds. The minimum Gasteiger partial charge on any atom is -0.456 e. The lowest BCUT2D eigenvalue weighted by Crippen LogP contribution is -2.28. The van der Waals surface area contributed by atoms with Crippen molar-refractivity contribution in [3.63, 3.8) is 0 Å². The molecule has 1 aliphatic rings. The topological polar surface area (TPSA) is 72.5 Å². The second-order valence-corrected chi connectivity index (χ2v) is 7.14. The van der Waals surface area contributed by atoms with Crippen molar-refractivity contribution >= 4 is 17.7 Å². The molecule has 0 aliphatic heterocycles. The van der Waals surface area contributed by atoms with Crippen LogP contribution in [0.3, 0.4) is 0 Å². The van der Waals surface area contributed by atoms with E-state index in [0.29, 0.717) is 11.1 Å². The smallest absolute Gasteiger partial charge is 0.306 e. The SMILES string of the molecule is O=C(COC(=O)CCC(=O)c1ccc2c(c1)CCCC2)NCc1ccccc1F. The van der Waals surface area contributed by atoms with Crippen molar-refractivity contribution in [2.75, 3.05) is 6.61 Å². The van der Waals surface area contributed by atoms with Gasteiger partial charge in [0.15, 0.2) is 12.4 Å². The fourth-order valence-corrected chi connectivity index (χ4v) is 3.37. The Balaban J connectivity index is 1.39. The van der Waals surface area contributed by atoms with Crippen LogP contribution in [0.4, 0.5) is 4.39 Å². The number of ether oxygens (including phenoxy) is 1. The number of carbonyl (C=O) groups is 3. The third-order valence-electron chi connectivity index (χ3n) is 5.02. The van der Waals surface area contributed by atoms with Crippen LogP contribution in [-0.2, 0) is 33.7 Å². The first kappa shape index (κ1) is 20.7. The molecule has 0 bridgehead atoms. The van der Waals surface area contributed by atoms with E-state index in [0.717, 1.165) is 19.3 Å². The number of rotatable bonds is 8. The van der Waals surface area contributed by atoms with Crippen LogP contribution in [0, 0.1) is 5.82 Å². The number of ketones is 1. The summed E-state index contributed by atoms with van der Waals surface area (Å²) in [5.74, 6) is -1.66. The van der Waals surface area contributed by atoms with E-state index in [1.165, 1.54) is 23.6 Å². The summed E-state index contributed by atoms with van der Waals surface area (Å²) in [4.78, 5) is 35.9.